The Hall–Kier alpha value is -2.68. The molecule has 3 heterocycles. The summed E-state index contributed by atoms with van der Waals surface area (Å²) in [6, 6.07) is -0.198. The first-order valence-corrected chi connectivity index (χ1v) is 9.21. The van der Waals surface area contributed by atoms with Gasteiger partial charge in [0.2, 0.25) is 0 Å². The van der Waals surface area contributed by atoms with Crippen molar-refractivity contribution in [3.63, 3.8) is 0 Å². The van der Waals surface area contributed by atoms with E-state index in [0.29, 0.717) is 43.4 Å². The Morgan fingerprint density at radius 3 is 2.35 bits per heavy atom. The van der Waals surface area contributed by atoms with E-state index in [-0.39, 0.29) is 6.03 Å². The van der Waals surface area contributed by atoms with Crippen molar-refractivity contribution in [3.05, 3.63) is 52.8 Å². The van der Waals surface area contributed by atoms with Gasteiger partial charge in [-0.25, -0.2) is 19.7 Å². The summed E-state index contributed by atoms with van der Waals surface area (Å²) >= 11 is 1.62. The smallest absolute Gasteiger partial charge is 0.318 e. The molecule has 138 valence electrons. The molecule has 0 aromatic carbocycles. The average Bonchev–Trinajstić information content (AvgIpc) is 3.37. The summed E-state index contributed by atoms with van der Waals surface area (Å²) in [5.74, 6) is 0.412. The molecule has 26 heavy (non-hydrogen) atoms. The predicted molar refractivity (Wildman–Crippen MR) is 95.6 cm³/mol. The summed E-state index contributed by atoms with van der Waals surface area (Å²) < 4.78 is 9.96. The highest BCUT2D eigenvalue weighted by atomic mass is 32.1. The maximum Gasteiger partial charge on any atom is 0.318 e. The molecule has 9 heteroatoms. The van der Waals surface area contributed by atoms with Crippen LogP contribution in [0.1, 0.15) is 41.9 Å². The van der Waals surface area contributed by atoms with Crippen LogP contribution in [-0.2, 0) is 19.5 Å². The Kier molecular flexibility index (Phi) is 6.00. The highest BCUT2D eigenvalue weighted by molar-refractivity contribution is 7.09. The van der Waals surface area contributed by atoms with Crippen LogP contribution in [0.3, 0.4) is 0 Å². The molecular formula is C17H21N5O3S. The molecular weight excluding hydrogens is 354 g/mol. The van der Waals surface area contributed by atoms with Crippen LogP contribution >= 0.6 is 11.3 Å². The molecule has 1 N–H and O–H groups in total. The molecule has 3 aromatic rings. The van der Waals surface area contributed by atoms with Crippen molar-refractivity contribution >= 4 is 17.4 Å². The second-order valence-electron chi connectivity index (χ2n) is 6.12. The normalized spacial score (nSPS) is 11.0. The van der Waals surface area contributed by atoms with Crippen LogP contribution < -0.4 is 5.32 Å². The fourth-order valence-corrected chi connectivity index (χ4v) is 3.27. The molecule has 0 aliphatic rings. The van der Waals surface area contributed by atoms with Gasteiger partial charge in [-0.15, -0.1) is 11.3 Å². The Labute approximate surface area is 155 Å². The number of carbonyl (C=O) groups excluding carboxylic acids is 1. The molecule has 0 radical (unpaired) electrons. The molecule has 0 saturated heterocycles. The van der Waals surface area contributed by atoms with E-state index in [1.807, 2.05) is 0 Å². The van der Waals surface area contributed by atoms with E-state index in [1.54, 1.807) is 16.2 Å². The Bertz CT molecular complexity index is 762. The molecule has 0 fully saturated rings. The lowest BCUT2D eigenvalue weighted by molar-refractivity contribution is 0.191. The van der Waals surface area contributed by atoms with Crippen LogP contribution in [0.15, 0.2) is 39.5 Å². The molecule has 8 nitrogen and oxygen atoms in total. The van der Waals surface area contributed by atoms with Gasteiger partial charge in [-0.1, -0.05) is 13.8 Å². The van der Waals surface area contributed by atoms with Gasteiger partial charge >= 0.3 is 6.03 Å². The Balaban J connectivity index is 1.55. The maximum absolute atomic E-state index is 12.6. The van der Waals surface area contributed by atoms with Gasteiger partial charge in [-0.2, -0.15) is 0 Å². The van der Waals surface area contributed by atoms with Gasteiger partial charge in [0, 0.05) is 18.3 Å². The van der Waals surface area contributed by atoms with Crippen LogP contribution in [-0.4, -0.2) is 32.4 Å². The molecule has 0 aliphatic heterocycles. The van der Waals surface area contributed by atoms with E-state index in [0.717, 1.165) is 10.7 Å². The first kappa shape index (κ1) is 18.1. The van der Waals surface area contributed by atoms with Crippen molar-refractivity contribution in [1.82, 2.24) is 25.2 Å². The number of urea groups is 1. The first-order chi connectivity index (χ1) is 12.6. The van der Waals surface area contributed by atoms with Gasteiger partial charge in [0.25, 0.3) is 0 Å². The lowest BCUT2D eigenvalue weighted by Crippen LogP contribution is -2.40. The minimum atomic E-state index is -0.198. The first-order valence-electron chi connectivity index (χ1n) is 8.33. The number of amides is 2. The summed E-state index contributed by atoms with van der Waals surface area (Å²) in [6.07, 6.45) is 6.43. The third kappa shape index (κ3) is 4.92. The zero-order valence-corrected chi connectivity index (χ0v) is 15.5. The minimum Gasteiger partial charge on any atom is -0.451 e. The van der Waals surface area contributed by atoms with E-state index in [1.165, 1.54) is 25.3 Å². The topological polar surface area (TPSA) is 97.3 Å². The van der Waals surface area contributed by atoms with Crippen LogP contribution in [0.4, 0.5) is 4.79 Å². The van der Waals surface area contributed by atoms with Gasteiger partial charge in [0.05, 0.1) is 35.2 Å². The van der Waals surface area contributed by atoms with Crippen LogP contribution in [0, 0.1) is 0 Å². The second kappa shape index (κ2) is 8.61. The third-order valence-electron chi connectivity index (χ3n) is 3.74. The molecule has 3 aromatic heterocycles. The third-order valence-corrected chi connectivity index (χ3v) is 4.66. The summed E-state index contributed by atoms with van der Waals surface area (Å²) in [5, 5.41) is 6.03. The number of thiazole rings is 1. The van der Waals surface area contributed by atoms with Crippen molar-refractivity contribution in [3.8, 4) is 0 Å². The lowest BCUT2D eigenvalue weighted by atomic mass is 10.2. The van der Waals surface area contributed by atoms with Crippen molar-refractivity contribution in [2.75, 3.05) is 6.54 Å². The molecule has 2 amide bonds. The summed E-state index contributed by atoms with van der Waals surface area (Å²) in [6.45, 7) is 5.39. The number of carbonyl (C=O) groups is 1. The number of nitrogens with one attached hydrogen (secondary N) is 1. The van der Waals surface area contributed by atoms with Crippen molar-refractivity contribution in [2.45, 2.75) is 39.3 Å². The number of hydrogen-bond acceptors (Lipinski definition) is 7. The molecule has 0 saturated carbocycles. The number of nitrogens with zero attached hydrogens (tertiary/aromatic N) is 4. The van der Waals surface area contributed by atoms with Gasteiger partial charge in [0.1, 0.15) is 12.5 Å². The Morgan fingerprint density at radius 1 is 1.19 bits per heavy atom. The minimum absolute atomic E-state index is 0.198. The summed E-state index contributed by atoms with van der Waals surface area (Å²) in [4.78, 5) is 26.9. The van der Waals surface area contributed by atoms with Gasteiger partial charge in [0.15, 0.2) is 12.8 Å². The summed E-state index contributed by atoms with van der Waals surface area (Å²) in [5.41, 5.74) is 2.44. The van der Waals surface area contributed by atoms with E-state index >= 15 is 0 Å². The van der Waals surface area contributed by atoms with Crippen LogP contribution in [0.25, 0.3) is 0 Å². The Morgan fingerprint density at radius 2 is 1.85 bits per heavy atom. The lowest BCUT2D eigenvalue weighted by Gasteiger charge is -2.21. The standard InChI is InChI=1S/C17H21N5O3S/c1-12(2)15-9-26-16(21-15)3-4-18-17(23)22(5-13-7-24-10-19-13)6-14-8-25-11-20-14/h7-12H,3-6H2,1-2H3,(H,18,23). The maximum atomic E-state index is 12.6. The van der Waals surface area contributed by atoms with Crippen LogP contribution in [0.2, 0.25) is 0 Å². The molecule has 0 atom stereocenters. The largest absolute Gasteiger partial charge is 0.451 e. The second-order valence-corrected chi connectivity index (χ2v) is 7.06. The zero-order valence-electron chi connectivity index (χ0n) is 14.7. The van der Waals surface area contributed by atoms with E-state index < -0.39 is 0 Å². The van der Waals surface area contributed by atoms with Crippen LogP contribution in [0.5, 0.6) is 0 Å². The number of rotatable bonds is 8. The highest BCUT2D eigenvalue weighted by Gasteiger charge is 2.17. The molecule has 0 bridgehead atoms. The summed E-state index contributed by atoms with van der Waals surface area (Å²) in [7, 11) is 0. The van der Waals surface area contributed by atoms with Gasteiger partial charge in [-0.3, -0.25) is 0 Å². The van der Waals surface area contributed by atoms with E-state index in [4.69, 9.17) is 8.83 Å². The molecule has 0 spiro atoms. The number of hydrogen-bond donors (Lipinski definition) is 1. The predicted octanol–water partition coefficient (Wildman–Crippen LogP) is 3.20. The van der Waals surface area contributed by atoms with E-state index in [2.05, 4.69) is 39.5 Å². The van der Waals surface area contributed by atoms with Crippen molar-refractivity contribution in [1.29, 1.82) is 0 Å². The number of oxazole rings is 2. The molecule has 3 rings (SSSR count). The average molecular weight is 375 g/mol. The monoisotopic (exact) mass is 375 g/mol. The highest BCUT2D eigenvalue weighted by Crippen LogP contribution is 2.17. The van der Waals surface area contributed by atoms with Crippen molar-refractivity contribution in [2.24, 2.45) is 0 Å². The SMILES string of the molecule is CC(C)c1csc(CCNC(=O)N(Cc2cocn2)Cc2cocn2)n1. The van der Waals surface area contributed by atoms with Gasteiger partial charge < -0.3 is 19.1 Å². The fraction of sp³-hybridized carbons (Fsp3) is 0.412. The molecule has 0 unspecified atom stereocenters. The van der Waals surface area contributed by atoms with E-state index in [9.17, 15) is 4.79 Å². The zero-order chi connectivity index (χ0) is 18.4. The fourth-order valence-electron chi connectivity index (χ4n) is 2.32. The molecule has 0 aliphatic carbocycles. The van der Waals surface area contributed by atoms with Gasteiger partial charge in [-0.05, 0) is 5.92 Å². The quantitative estimate of drug-likeness (QED) is 0.649. The van der Waals surface area contributed by atoms with Crippen molar-refractivity contribution < 1.29 is 13.6 Å². The number of aromatic nitrogens is 3.